The Labute approximate surface area is 170 Å². The number of ether oxygens (including phenoxy) is 1. The summed E-state index contributed by atoms with van der Waals surface area (Å²) in [5, 5.41) is 7.51. The number of benzene rings is 2. The number of carbonyl (C=O) groups excluding carboxylic acids is 2. The number of nitrogens with zero attached hydrogens (tertiary/aromatic N) is 2. The van der Waals surface area contributed by atoms with Crippen LogP contribution in [0.3, 0.4) is 0 Å². The van der Waals surface area contributed by atoms with Gasteiger partial charge in [0.15, 0.2) is 5.82 Å². The van der Waals surface area contributed by atoms with E-state index in [1.807, 2.05) is 12.1 Å². The molecule has 8 heteroatoms. The van der Waals surface area contributed by atoms with Crippen molar-refractivity contribution in [2.75, 3.05) is 11.9 Å². The summed E-state index contributed by atoms with van der Waals surface area (Å²) in [5.41, 5.74) is 1.89. The lowest BCUT2D eigenvalue weighted by Gasteiger charge is -2.06. The third-order valence-electron chi connectivity index (χ3n) is 4.17. The smallest absolute Gasteiger partial charge is 0.348 e. The van der Waals surface area contributed by atoms with Crippen molar-refractivity contribution in [2.45, 2.75) is 13.8 Å². The van der Waals surface area contributed by atoms with Gasteiger partial charge in [0.2, 0.25) is 0 Å². The second-order valence-corrected chi connectivity index (χ2v) is 7.35. The van der Waals surface area contributed by atoms with Gasteiger partial charge >= 0.3 is 5.97 Å². The Morgan fingerprint density at radius 2 is 1.93 bits per heavy atom. The quantitative estimate of drug-likeness (QED) is 0.482. The number of aromatic nitrogens is 2. The molecule has 0 aliphatic heterocycles. The molecule has 0 radical (unpaired) electrons. The molecule has 29 heavy (non-hydrogen) atoms. The highest BCUT2D eigenvalue weighted by atomic mass is 32.1. The van der Waals surface area contributed by atoms with Crippen LogP contribution in [0, 0.1) is 6.92 Å². The van der Waals surface area contributed by atoms with Gasteiger partial charge in [0.05, 0.1) is 6.61 Å². The molecular formula is C21H17N3O4S. The summed E-state index contributed by atoms with van der Waals surface area (Å²) in [5.74, 6) is 0.390. The summed E-state index contributed by atoms with van der Waals surface area (Å²) in [6, 6.07) is 14.2. The largest absolute Gasteiger partial charge is 0.462 e. The van der Waals surface area contributed by atoms with Crippen molar-refractivity contribution >= 4 is 39.0 Å². The molecule has 2 aromatic carbocycles. The number of fused-ring (bicyclic) bond motifs is 1. The highest BCUT2D eigenvalue weighted by Crippen LogP contribution is 2.29. The number of carbonyl (C=O) groups is 2. The third-order valence-corrected chi connectivity index (χ3v) is 5.27. The molecule has 0 aliphatic rings. The fraction of sp³-hybridized carbons (Fsp3) is 0.143. The Morgan fingerprint density at radius 3 is 2.62 bits per heavy atom. The van der Waals surface area contributed by atoms with Gasteiger partial charge in [-0.2, -0.15) is 4.98 Å². The molecule has 146 valence electrons. The molecule has 0 aliphatic carbocycles. The molecule has 0 atom stereocenters. The maximum atomic E-state index is 12.6. The first-order chi connectivity index (χ1) is 14.0. The first-order valence-electron chi connectivity index (χ1n) is 8.96. The third kappa shape index (κ3) is 4.02. The molecule has 1 N–H and O–H groups in total. The molecule has 4 rings (SSSR count). The second-order valence-electron chi connectivity index (χ2n) is 6.26. The lowest BCUT2D eigenvalue weighted by Crippen LogP contribution is -2.11. The minimum absolute atomic E-state index is 0.238. The number of esters is 1. The van der Waals surface area contributed by atoms with Crippen molar-refractivity contribution in [1.29, 1.82) is 0 Å². The van der Waals surface area contributed by atoms with Crippen LogP contribution in [0.1, 0.15) is 32.8 Å². The minimum Gasteiger partial charge on any atom is -0.462 e. The molecule has 7 nitrogen and oxygen atoms in total. The van der Waals surface area contributed by atoms with E-state index in [0.717, 1.165) is 15.6 Å². The predicted molar refractivity (Wildman–Crippen MR) is 110 cm³/mol. The summed E-state index contributed by atoms with van der Waals surface area (Å²) in [7, 11) is 0. The van der Waals surface area contributed by atoms with Gasteiger partial charge in [-0.15, -0.1) is 11.3 Å². The van der Waals surface area contributed by atoms with Crippen molar-refractivity contribution in [3.8, 4) is 11.5 Å². The summed E-state index contributed by atoms with van der Waals surface area (Å²) >= 11 is 1.36. The Bertz CT molecular complexity index is 1190. The van der Waals surface area contributed by atoms with Crippen molar-refractivity contribution in [1.82, 2.24) is 10.1 Å². The van der Waals surface area contributed by atoms with Gasteiger partial charge in [-0.3, -0.25) is 4.79 Å². The lowest BCUT2D eigenvalue weighted by molar-refractivity contribution is 0.0532. The van der Waals surface area contributed by atoms with Crippen LogP contribution in [0.2, 0.25) is 0 Å². The Balaban J connectivity index is 1.50. The van der Waals surface area contributed by atoms with Gasteiger partial charge < -0.3 is 14.6 Å². The number of hydrogen-bond acceptors (Lipinski definition) is 7. The van der Waals surface area contributed by atoms with Gasteiger partial charge in [0.25, 0.3) is 11.8 Å². The topological polar surface area (TPSA) is 94.3 Å². The van der Waals surface area contributed by atoms with Crippen molar-refractivity contribution < 1.29 is 18.8 Å². The van der Waals surface area contributed by atoms with Crippen molar-refractivity contribution in [3.05, 3.63) is 64.8 Å². The number of hydrogen-bond donors (Lipinski definition) is 1. The molecule has 2 aromatic heterocycles. The normalized spacial score (nSPS) is 10.8. The number of nitrogens with one attached hydrogen (secondary N) is 1. The molecule has 0 bridgehead atoms. The summed E-state index contributed by atoms with van der Waals surface area (Å²) < 4.78 is 11.1. The van der Waals surface area contributed by atoms with Gasteiger partial charge in [-0.05, 0) is 67.8 Å². The number of amides is 1. The monoisotopic (exact) mass is 407 g/mol. The zero-order valence-corrected chi connectivity index (χ0v) is 16.6. The molecule has 0 spiro atoms. The van der Waals surface area contributed by atoms with Gasteiger partial charge in [0.1, 0.15) is 4.88 Å². The van der Waals surface area contributed by atoms with E-state index >= 15 is 0 Å². The fourth-order valence-electron chi connectivity index (χ4n) is 2.81. The highest BCUT2D eigenvalue weighted by Gasteiger charge is 2.13. The summed E-state index contributed by atoms with van der Waals surface area (Å²) in [4.78, 5) is 29.2. The number of anilines is 1. The van der Waals surface area contributed by atoms with E-state index in [4.69, 9.17) is 9.26 Å². The van der Waals surface area contributed by atoms with Crippen LogP contribution in [-0.2, 0) is 4.74 Å². The van der Waals surface area contributed by atoms with Crippen LogP contribution in [0.4, 0.5) is 5.69 Å². The van der Waals surface area contributed by atoms with Gasteiger partial charge in [-0.25, -0.2) is 4.79 Å². The molecule has 0 saturated heterocycles. The van der Waals surface area contributed by atoms with Crippen molar-refractivity contribution in [2.24, 2.45) is 0 Å². The van der Waals surface area contributed by atoms with Crippen LogP contribution >= 0.6 is 11.3 Å². The van der Waals surface area contributed by atoms with E-state index < -0.39 is 0 Å². The maximum Gasteiger partial charge on any atom is 0.348 e. The van der Waals surface area contributed by atoms with E-state index in [1.54, 1.807) is 50.2 Å². The zero-order valence-electron chi connectivity index (χ0n) is 15.8. The average molecular weight is 407 g/mol. The van der Waals surface area contributed by atoms with Crippen LogP contribution in [0.5, 0.6) is 0 Å². The van der Waals surface area contributed by atoms with Crippen LogP contribution in [0.15, 0.2) is 53.1 Å². The molecule has 1 amide bonds. The zero-order chi connectivity index (χ0) is 20.4. The molecule has 0 saturated carbocycles. The first kappa shape index (κ1) is 18.8. The average Bonchev–Trinajstić information content (AvgIpc) is 3.34. The molecular weight excluding hydrogens is 390 g/mol. The lowest BCUT2D eigenvalue weighted by atomic mass is 10.1. The van der Waals surface area contributed by atoms with E-state index in [2.05, 4.69) is 15.5 Å². The van der Waals surface area contributed by atoms with E-state index in [0.29, 0.717) is 34.4 Å². The molecule has 4 aromatic rings. The molecule has 0 fully saturated rings. The van der Waals surface area contributed by atoms with E-state index in [1.165, 1.54) is 11.3 Å². The van der Waals surface area contributed by atoms with Gasteiger partial charge in [-0.1, -0.05) is 5.16 Å². The van der Waals surface area contributed by atoms with Crippen molar-refractivity contribution in [3.63, 3.8) is 0 Å². The molecule has 0 unspecified atom stereocenters. The Morgan fingerprint density at radius 1 is 1.14 bits per heavy atom. The van der Waals surface area contributed by atoms with E-state index in [9.17, 15) is 9.59 Å². The SMILES string of the molecule is CCOC(=O)c1cc2cc(NC(=O)c3ccc(-c4nc(C)no4)cc3)ccc2s1. The number of aryl methyl sites for hydroxylation is 1. The second kappa shape index (κ2) is 7.84. The summed E-state index contributed by atoms with van der Waals surface area (Å²) in [6.45, 7) is 3.85. The predicted octanol–water partition coefficient (Wildman–Crippen LogP) is 4.69. The Kier molecular flexibility index (Phi) is 5.09. The molecule has 2 heterocycles. The van der Waals surface area contributed by atoms with Crippen LogP contribution in [-0.4, -0.2) is 28.6 Å². The number of thiophene rings is 1. The fourth-order valence-corrected chi connectivity index (χ4v) is 3.74. The maximum absolute atomic E-state index is 12.6. The first-order valence-corrected chi connectivity index (χ1v) is 9.78. The van der Waals surface area contributed by atoms with Gasteiger partial charge in [0, 0.05) is 21.5 Å². The number of rotatable bonds is 5. The standard InChI is InChI=1S/C21H17N3O4S/c1-3-27-21(26)18-11-15-10-16(8-9-17(15)29-18)23-19(25)13-4-6-14(7-5-13)20-22-12(2)24-28-20/h4-11H,3H2,1-2H3,(H,23,25). The summed E-state index contributed by atoms with van der Waals surface area (Å²) in [6.07, 6.45) is 0. The Hall–Kier alpha value is -3.52. The van der Waals surface area contributed by atoms with E-state index in [-0.39, 0.29) is 11.9 Å². The van der Waals surface area contributed by atoms with Crippen LogP contribution < -0.4 is 5.32 Å². The highest BCUT2D eigenvalue weighted by molar-refractivity contribution is 7.20. The van der Waals surface area contributed by atoms with Crippen LogP contribution in [0.25, 0.3) is 21.5 Å². The minimum atomic E-state index is -0.337.